The zero-order valence-corrected chi connectivity index (χ0v) is 12.1. The number of nitrogens with zero attached hydrogens (tertiary/aromatic N) is 3. The van der Waals surface area contributed by atoms with Gasteiger partial charge in [-0.15, -0.1) is 0 Å². The van der Waals surface area contributed by atoms with E-state index in [0.29, 0.717) is 18.1 Å². The third-order valence-electron chi connectivity index (χ3n) is 3.75. The summed E-state index contributed by atoms with van der Waals surface area (Å²) < 4.78 is 15.7. The molecule has 0 radical (unpaired) electrons. The predicted molar refractivity (Wildman–Crippen MR) is 77.7 cm³/mol. The van der Waals surface area contributed by atoms with Gasteiger partial charge in [0.1, 0.15) is 5.82 Å². The van der Waals surface area contributed by atoms with E-state index in [1.807, 2.05) is 12.3 Å². The van der Waals surface area contributed by atoms with Crippen molar-refractivity contribution >= 4 is 17.5 Å². The maximum absolute atomic E-state index is 13.9. The monoisotopic (exact) mass is 307 g/mol. The van der Waals surface area contributed by atoms with Crippen LogP contribution in [0.1, 0.15) is 23.2 Å². The van der Waals surface area contributed by atoms with Crippen molar-refractivity contribution in [2.45, 2.75) is 25.4 Å². The number of halogens is 2. The molecular formula is C15H15ClFN3O. The van der Waals surface area contributed by atoms with Gasteiger partial charge in [0, 0.05) is 24.0 Å². The molecule has 1 aliphatic rings. The van der Waals surface area contributed by atoms with E-state index in [1.165, 1.54) is 18.2 Å². The first-order chi connectivity index (χ1) is 10.1. The molecule has 1 atom stereocenters. The number of hydrogen-bond acceptors (Lipinski definition) is 2. The molecule has 2 aromatic rings. The molecule has 1 aromatic heterocycles. The van der Waals surface area contributed by atoms with Gasteiger partial charge < -0.3 is 4.90 Å². The molecule has 0 bridgehead atoms. The number of benzene rings is 1. The van der Waals surface area contributed by atoms with Crippen LogP contribution >= 0.6 is 11.6 Å². The second kappa shape index (κ2) is 5.85. The molecular weight excluding hydrogens is 293 g/mol. The molecule has 0 aliphatic carbocycles. The first-order valence-electron chi connectivity index (χ1n) is 6.88. The Morgan fingerprint density at radius 3 is 3.10 bits per heavy atom. The largest absolute Gasteiger partial charge is 0.334 e. The molecule has 1 amide bonds. The van der Waals surface area contributed by atoms with Crippen molar-refractivity contribution in [3.05, 3.63) is 53.1 Å². The zero-order valence-electron chi connectivity index (χ0n) is 11.4. The summed E-state index contributed by atoms with van der Waals surface area (Å²) in [6, 6.07) is 5.95. The van der Waals surface area contributed by atoms with Crippen molar-refractivity contribution in [2.24, 2.45) is 0 Å². The van der Waals surface area contributed by atoms with E-state index in [0.717, 1.165) is 12.8 Å². The smallest absolute Gasteiger partial charge is 0.257 e. The van der Waals surface area contributed by atoms with E-state index >= 15 is 0 Å². The lowest BCUT2D eigenvalue weighted by Gasteiger charge is -2.25. The molecule has 1 aromatic carbocycles. The predicted octanol–water partition coefficient (Wildman–Crippen LogP) is 2.98. The number of likely N-dealkylation sites (tertiary alicyclic amines) is 1. The Kier molecular flexibility index (Phi) is 3.92. The van der Waals surface area contributed by atoms with Gasteiger partial charge in [0.2, 0.25) is 0 Å². The minimum absolute atomic E-state index is 0.0369. The van der Waals surface area contributed by atoms with Crippen LogP contribution < -0.4 is 0 Å². The van der Waals surface area contributed by atoms with Gasteiger partial charge in [-0.3, -0.25) is 9.48 Å². The Labute approximate surface area is 127 Å². The minimum atomic E-state index is -0.533. The van der Waals surface area contributed by atoms with Crippen LogP contribution in [0.3, 0.4) is 0 Å². The van der Waals surface area contributed by atoms with Crippen molar-refractivity contribution in [1.82, 2.24) is 14.7 Å². The van der Waals surface area contributed by atoms with Gasteiger partial charge in [-0.2, -0.15) is 5.10 Å². The van der Waals surface area contributed by atoms with Gasteiger partial charge in [0.05, 0.1) is 18.2 Å². The van der Waals surface area contributed by atoms with Crippen LogP contribution in [0, 0.1) is 5.82 Å². The van der Waals surface area contributed by atoms with Crippen LogP contribution in [-0.4, -0.2) is 33.2 Å². The van der Waals surface area contributed by atoms with E-state index < -0.39 is 5.82 Å². The fourth-order valence-electron chi connectivity index (χ4n) is 2.73. The summed E-state index contributed by atoms with van der Waals surface area (Å²) in [6.07, 6.45) is 5.38. The van der Waals surface area contributed by atoms with Crippen molar-refractivity contribution in [3.63, 3.8) is 0 Å². The van der Waals surface area contributed by atoms with Crippen LogP contribution in [0.15, 0.2) is 36.7 Å². The van der Waals surface area contributed by atoms with Gasteiger partial charge in [-0.05, 0) is 37.1 Å². The lowest BCUT2D eigenvalue weighted by Crippen LogP contribution is -2.38. The number of carbonyl (C=O) groups is 1. The van der Waals surface area contributed by atoms with Crippen molar-refractivity contribution < 1.29 is 9.18 Å². The Morgan fingerprint density at radius 1 is 1.48 bits per heavy atom. The summed E-state index contributed by atoms with van der Waals surface area (Å²) in [5.41, 5.74) is 0.0369. The standard InChI is InChI=1S/C15H15ClFN3O/c16-11-4-5-14(17)13(9-11)15(21)20-8-1-3-12(20)10-19-7-2-6-18-19/h2,4-7,9,12H,1,3,8,10H2/t12-/m0/s1. The second-order valence-corrected chi connectivity index (χ2v) is 5.58. The molecule has 6 heteroatoms. The molecule has 0 N–H and O–H groups in total. The Balaban J connectivity index is 1.81. The number of rotatable bonds is 3. The van der Waals surface area contributed by atoms with E-state index in [9.17, 15) is 9.18 Å². The molecule has 110 valence electrons. The highest BCUT2D eigenvalue weighted by atomic mass is 35.5. The van der Waals surface area contributed by atoms with Crippen LogP contribution in [-0.2, 0) is 6.54 Å². The molecule has 21 heavy (non-hydrogen) atoms. The van der Waals surface area contributed by atoms with Crippen molar-refractivity contribution in [3.8, 4) is 0 Å². The summed E-state index contributed by atoms with van der Waals surface area (Å²) in [7, 11) is 0. The summed E-state index contributed by atoms with van der Waals surface area (Å²) in [5, 5.41) is 4.52. The van der Waals surface area contributed by atoms with Crippen LogP contribution in [0.2, 0.25) is 5.02 Å². The summed E-state index contributed by atoms with van der Waals surface area (Å²) in [4.78, 5) is 14.3. The molecule has 0 spiro atoms. The van der Waals surface area contributed by atoms with E-state index in [2.05, 4.69) is 5.10 Å². The lowest BCUT2D eigenvalue weighted by molar-refractivity contribution is 0.0717. The van der Waals surface area contributed by atoms with Gasteiger partial charge in [-0.1, -0.05) is 11.6 Å². The van der Waals surface area contributed by atoms with Gasteiger partial charge >= 0.3 is 0 Å². The number of amides is 1. The second-order valence-electron chi connectivity index (χ2n) is 5.15. The Morgan fingerprint density at radius 2 is 2.33 bits per heavy atom. The third-order valence-corrected chi connectivity index (χ3v) is 3.99. The Hall–Kier alpha value is -1.88. The average Bonchev–Trinajstić information content (AvgIpc) is 3.13. The van der Waals surface area contributed by atoms with E-state index in [4.69, 9.17) is 11.6 Å². The average molecular weight is 308 g/mol. The highest BCUT2D eigenvalue weighted by Gasteiger charge is 2.31. The van der Waals surface area contributed by atoms with Crippen LogP contribution in [0.25, 0.3) is 0 Å². The van der Waals surface area contributed by atoms with Crippen molar-refractivity contribution in [1.29, 1.82) is 0 Å². The minimum Gasteiger partial charge on any atom is -0.334 e. The number of carbonyl (C=O) groups excluding carboxylic acids is 1. The molecule has 2 heterocycles. The quantitative estimate of drug-likeness (QED) is 0.874. The fourth-order valence-corrected chi connectivity index (χ4v) is 2.91. The van der Waals surface area contributed by atoms with Crippen LogP contribution in [0.4, 0.5) is 4.39 Å². The Bertz CT molecular complexity index is 644. The maximum Gasteiger partial charge on any atom is 0.257 e. The summed E-state index contributed by atoms with van der Waals surface area (Å²) in [6.45, 7) is 1.26. The fraction of sp³-hybridized carbons (Fsp3) is 0.333. The molecule has 0 unspecified atom stereocenters. The highest BCUT2D eigenvalue weighted by Crippen LogP contribution is 2.24. The lowest BCUT2D eigenvalue weighted by atomic mass is 10.1. The van der Waals surface area contributed by atoms with Crippen molar-refractivity contribution in [2.75, 3.05) is 6.54 Å². The SMILES string of the molecule is O=C(c1cc(Cl)ccc1F)N1CCC[C@H]1Cn1cccn1. The molecule has 1 saturated heterocycles. The van der Waals surface area contributed by atoms with E-state index in [-0.39, 0.29) is 17.5 Å². The third kappa shape index (κ3) is 2.93. The molecule has 0 saturated carbocycles. The highest BCUT2D eigenvalue weighted by molar-refractivity contribution is 6.31. The molecule has 1 fully saturated rings. The number of aromatic nitrogens is 2. The maximum atomic E-state index is 13.9. The van der Waals surface area contributed by atoms with Gasteiger partial charge in [-0.25, -0.2) is 4.39 Å². The van der Waals surface area contributed by atoms with E-state index in [1.54, 1.807) is 15.8 Å². The topological polar surface area (TPSA) is 38.1 Å². The molecule has 4 nitrogen and oxygen atoms in total. The zero-order chi connectivity index (χ0) is 14.8. The first-order valence-corrected chi connectivity index (χ1v) is 7.26. The number of hydrogen-bond donors (Lipinski definition) is 0. The molecule has 3 rings (SSSR count). The van der Waals surface area contributed by atoms with Crippen LogP contribution in [0.5, 0.6) is 0 Å². The summed E-state index contributed by atoms with van der Waals surface area (Å²) in [5.74, 6) is -0.834. The normalized spacial score (nSPS) is 18.2. The van der Waals surface area contributed by atoms with Gasteiger partial charge in [0.25, 0.3) is 5.91 Å². The van der Waals surface area contributed by atoms with Gasteiger partial charge in [0.15, 0.2) is 0 Å². The summed E-state index contributed by atoms with van der Waals surface area (Å²) >= 11 is 5.87. The first kappa shape index (κ1) is 14.1. The molecule has 1 aliphatic heterocycles.